The number of benzene rings is 1. The predicted octanol–water partition coefficient (Wildman–Crippen LogP) is 3.46. The van der Waals surface area contributed by atoms with Crippen LogP contribution < -0.4 is 4.90 Å². The van der Waals surface area contributed by atoms with Crippen LogP contribution in [0.1, 0.15) is 24.8 Å². The fourth-order valence-corrected chi connectivity index (χ4v) is 3.22. The lowest BCUT2D eigenvalue weighted by Gasteiger charge is -2.16. The Morgan fingerprint density at radius 1 is 1.31 bits per heavy atom. The number of hydrogen-bond acceptors (Lipinski definition) is 3. The van der Waals surface area contributed by atoms with Crippen LogP contribution in [0.4, 0.5) is 5.69 Å². The maximum absolute atomic E-state index is 4.60. The Morgan fingerprint density at radius 2 is 2.12 bits per heavy atom. The largest absolute Gasteiger partial charge is 0.371 e. The average molecular weight is 232 g/mol. The molecule has 2 nitrogen and oxygen atoms in total. The van der Waals surface area contributed by atoms with E-state index in [1.54, 1.807) is 0 Å². The number of aryl methyl sites for hydroxylation is 1. The van der Waals surface area contributed by atoms with Crippen molar-refractivity contribution in [3.8, 4) is 0 Å². The summed E-state index contributed by atoms with van der Waals surface area (Å²) in [4.78, 5) is 7.08. The Hall–Kier alpha value is -1.09. The second kappa shape index (κ2) is 4.06. The summed E-state index contributed by atoms with van der Waals surface area (Å²) in [6.07, 6.45) is 3.71. The summed E-state index contributed by atoms with van der Waals surface area (Å²) < 4.78 is 1.33. The van der Waals surface area contributed by atoms with Crippen LogP contribution in [0.3, 0.4) is 0 Å². The first-order valence-corrected chi connectivity index (χ1v) is 6.83. The van der Waals surface area contributed by atoms with E-state index in [2.05, 4.69) is 35.0 Å². The summed E-state index contributed by atoms with van der Waals surface area (Å²) >= 11 is 1.83. The molecule has 0 amide bonds. The molecule has 0 atom stereocenters. The highest BCUT2D eigenvalue weighted by Crippen LogP contribution is 2.28. The molecule has 0 bridgehead atoms. The number of rotatable bonds is 2. The van der Waals surface area contributed by atoms with Gasteiger partial charge >= 0.3 is 0 Å². The molecule has 84 valence electrons. The standard InChI is InChI=1S/C13H16N2S/c1-2-13-14-11-6-5-10(9-12(11)16-13)15-7-3-4-8-15/h5-6,9H,2-4,7-8H2,1H3. The molecule has 0 aliphatic carbocycles. The topological polar surface area (TPSA) is 16.1 Å². The van der Waals surface area contributed by atoms with E-state index in [0.29, 0.717) is 0 Å². The minimum Gasteiger partial charge on any atom is -0.371 e. The summed E-state index contributed by atoms with van der Waals surface area (Å²) in [5.41, 5.74) is 2.53. The lowest BCUT2D eigenvalue weighted by atomic mass is 10.3. The molecule has 16 heavy (non-hydrogen) atoms. The molecule has 0 spiro atoms. The maximum atomic E-state index is 4.60. The van der Waals surface area contributed by atoms with Crippen LogP contribution in [0.5, 0.6) is 0 Å². The zero-order chi connectivity index (χ0) is 11.0. The van der Waals surface area contributed by atoms with Gasteiger partial charge in [0.25, 0.3) is 0 Å². The number of nitrogens with zero attached hydrogens (tertiary/aromatic N) is 2. The highest BCUT2D eigenvalue weighted by molar-refractivity contribution is 7.18. The lowest BCUT2D eigenvalue weighted by Crippen LogP contribution is -2.17. The molecule has 0 N–H and O–H groups in total. The van der Waals surface area contributed by atoms with Crippen molar-refractivity contribution in [3.05, 3.63) is 23.2 Å². The summed E-state index contributed by atoms with van der Waals surface area (Å²) in [6, 6.07) is 6.68. The number of hydrogen-bond donors (Lipinski definition) is 0. The van der Waals surface area contributed by atoms with Gasteiger partial charge in [-0.15, -0.1) is 11.3 Å². The third-order valence-corrected chi connectivity index (χ3v) is 4.35. The van der Waals surface area contributed by atoms with Crippen molar-refractivity contribution in [1.29, 1.82) is 0 Å². The van der Waals surface area contributed by atoms with Crippen molar-refractivity contribution in [1.82, 2.24) is 4.98 Å². The van der Waals surface area contributed by atoms with E-state index in [1.807, 2.05) is 11.3 Å². The van der Waals surface area contributed by atoms with Gasteiger partial charge in [-0.2, -0.15) is 0 Å². The van der Waals surface area contributed by atoms with Gasteiger partial charge in [0.05, 0.1) is 15.2 Å². The van der Waals surface area contributed by atoms with Crippen LogP contribution >= 0.6 is 11.3 Å². The smallest absolute Gasteiger partial charge is 0.0935 e. The summed E-state index contributed by atoms with van der Waals surface area (Å²) in [5.74, 6) is 0. The molecular weight excluding hydrogens is 216 g/mol. The molecule has 1 saturated heterocycles. The van der Waals surface area contributed by atoms with Crippen LogP contribution in [0.15, 0.2) is 18.2 Å². The van der Waals surface area contributed by atoms with Gasteiger partial charge in [0.15, 0.2) is 0 Å². The Kier molecular flexibility index (Phi) is 2.56. The molecular formula is C13H16N2S. The second-order valence-corrected chi connectivity index (χ2v) is 5.42. The molecule has 0 saturated carbocycles. The van der Waals surface area contributed by atoms with Gasteiger partial charge in [0.1, 0.15) is 0 Å². The van der Waals surface area contributed by atoms with Crippen molar-refractivity contribution in [3.63, 3.8) is 0 Å². The Bertz CT molecular complexity index is 498. The second-order valence-electron chi connectivity index (χ2n) is 4.31. The van der Waals surface area contributed by atoms with Crippen LogP contribution in [0.2, 0.25) is 0 Å². The van der Waals surface area contributed by atoms with E-state index in [-0.39, 0.29) is 0 Å². The molecule has 3 rings (SSSR count). The molecule has 2 aromatic rings. The van der Waals surface area contributed by atoms with Crippen molar-refractivity contribution < 1.29 is 0 Å². The zero-order valence-corrected chi connectivity index (χ0v) is 10.4. The van der Waals surface area contributed by atoms with E-state index >= 15 is 0 Å². The molecule has 1 aliphatic rings. The van der Waals surface area contributed by atoms with Crippen molar-refractivity contribution in [2.24, 2.45) is 0 Å². The highest BCUT2D eigenvalue weighted by Gasteiger charge is 2.13. The first kappa shape index (κ1) is 10.1. The van der Waals surface area contributed by atoms with Crippen LogP contribution in [-0.2, 0) is 6.42 Å². The van der Waals surface area contributed by atoms with Crippen LogP contribution in [0, 0.1) is 0 Å². The molecule has 3 heteroatoms. The first-order chi connectivity index (χ1) is 7.86. The van der Waals surface area contributed by atoms with Gasteiger partial charge in [-0.25, -0.2) is 4.98 Å². The number of thiazole rings is 1. The Balaban J connectivity index is 2.00. The number of fused-ring (bicyclic) bond motifs is 1. The summed E-state index contributed by atoms with van der Waals surface area (Å²) in [5, 5.41) is 1.24. The molecule has 0 unspecified atom stereocenters. The fraction of sp³-hybridized carbons (Fsp3) is 0.462. The third-order valence-electron chi connectivity index (χ3n) is 3.19. The molecule has 1 aromatic heterocycles. The fourth-order valence-electron chi connectivity index (χ4n) is 2.28. The SMILES string of the molecule is CCc1nc2ccc(N3CCCC3)cc2s1. The van der Waals surface area contributed by atoms with E-state index in [0.717, 1.165) is 11.9 Å². The Labute approximate surface area is 99.9 Å². The normalized spacial score (nSPS) is 16.2. The molecule has 0 radical (unpaired) electrons. The predicted molar refractivity (Wildman–Crippen MR) is 70.4 cm³/mol. The van der Waals surface area contributed by atoms with Crippen LogP contribution in [0.25, 0.3) is 10.2 Å². The monoisotopic (exact) mass is 232 g/mol. The van der Waals surface area contributed by atoms with Gasteiger partial charge in [-0.1, -0.05) is 6.92 Å². The molecule has 1 aromatic carbocycles. The zero-order valence-electron chi connectivity index (χ0n) is 9.57. The van der Waals surface area contributed by atoms with E-state index < -0.39 is 0 Å². The molecule has 2 heterocycles. The van der Waals surface area contributed by atoms with E-state index in [9.17, 15) is 0 Å². The lowest BCUT2D eigenvalue weighted by molar-refractivity contribution is 0.949. The summed E-state index contributed by atoms with van der Waals surface area (Å²) in [7, 11) is 0. The highest BCUT2D eigenvalue weighted by atomic mass is 32.1. The van der Waals surface area contributed by atoms with Crippen molar-refractivity contribution in [2.75, 3.05) is 18.0 Å². The number of aromatic nitrogens is 1. The van der Waals surface area contributed by atoms with E-state index in [4.69, 9.17) is 0 Å². The third kappa shape index (κ3) is 1.69. The van der Waals surface area contributed by atoms with Gasteiger partial charge in [0, 0.05) is 18.8 Å². The molecule has 1 fully saturated rings. The number of anilines is 1. The average Bonchev–Trinajstić information content (AvgIpc) is 2.96. The van der Waals surface area contributed by atoms with Gasteiger partial charge in [0.2, 0.25) is 0 Å². The van der Waals surface area contributed by atoms with Crippen molar-refractivity contribution in [2.45, 2.75) is 26.2 Å². The van der Waals surface area contributed by atoms with E-state index in [1.165, 1.54) is 41.3 Å². The van der Waals surface area contributed by atoms with Gasteiger partial charge < -0.3 is 4.90 Å². The molecule has 1 aliphatic heterocycles. The maximum Gasteiger partial charge on any atom is 0.0935 e. The van der Waals surface area contributed by atoms with Gasteiger partial charge in [-0.3, -0.25) is 0 Å². The minimum absolute atomic E-state index is 1.04. The van der Waals surface area contributed by atoms with Gasteiger partial charge in [-0.05, 0) is 37.5 Å². The quantitative estimate of drug-likeness (QED) is 0.788. The van der Waals surface area contributed by atoms with Crippen LogP contribution in [-0.4, -0.2) is 18.1 Å². The summed E-state index contributed by atoms with van der Waals surface area (Å²) in [6.45, 7) is 4.59. The minimum atomic E-state index is 1.04. The Morgan fingerprint density at radius 3 is 2.88 bits per heavy atom. The van der Waals surface area contributed by atoms with Crippen molar-refractivity contribution >= 4 is 27.2 Å². The first-order valence-electron chi connectivity index (χ1n) is 6.01.